The molecule has 0 saturated carbocycles. The molecule has 0 atom stereocenters. The Bertz CT molecular complexity index is 610. The zero-order valence-corrected chi connectivity index (χ0v) is 13.0. The summed E-state index contributed by atoms with van der Waals surface area (Å²) in [7, 11) is 9.58. The zero-order valence-electron chi connectivity index (χ0n) is 13.0. The van der Waals surface area contributed by atoms with Crippen LogP contribution in [0.5, 0.6) is 0 Å². The van der Waals surface area contributed by atoms with Gasteiger partial charge >= 0.3 is 0 Å². The third kappa shape index (κ3) is 3.71. The summed E-state index contributed by atoms with van der Waals surface area (Å²) in [5.41, 5.74) is 2.04. The Morgan fingerprint density at radius 1 is 0.905 bits per heavy atom. The monoisotopic (exact) mass is 287 g/mol. The Labute approximate surface area is 125 Å². The summed E-state index contributed by atoms with van der Waals surface area (Å²) in [6.45, 7) is 0. The van der Waals surface area contributed by atoms with E-state index in [-0.39, 0.29) is 0 Å². The summed E-state index contributed by atoms with van der Waals surface area (Å²) in [6, 6.07) is 8.05. The van der Waals surface area contributed by atoms with Crippen molar-refractivity contribution in [1.82, 2.24) is 15.0 Å². The minimum atomic E-state index is 0.508. The van der Waals surface area contributed by atoms with E-state index in [1.54, 1.807) is 7.05 Å². The van der Waals surface area contributed by atoms with Crippen molar-refractivity contribution in [2.75, 3.05) is 55.7 Å². The second-order valence-electron chi connectivity index (χ2n) is 5.00. The zero-order chi connectivity index (χ0) is 15.4. The molecule has 21 heavy (non-hydrogen) atoms. The highest BCUT2D eigenvalue weighted by Gasteiger charge is 2.08. The Morgan fingerprint density at radius 3 is 2.24 bits per heavy atom. The fourth-order valence-electron chi connectivity index (χ4n) is 1.72. The van der Waals surface area contributed by atoms with Crippen LogP contribution in [-0.4, -0.2) is 50.2 Å². The molecule has 7 heteroatoms. The minimum absolute atomic E-state index is 0.508. The van der Waals surface area contributed by atoms with Crippen molar-refractivity contribution >= 4 is 29.2 Å². The van der Waals surface area contributed by atoms with Gasteiger partial charge in [0.25, 0.3) is 0 Å². The van der Waals surface area contributed by atoms with Crippen molar-refractivity contribution in [1.29, 1.82) is 0 Å². The van der Waals surface area contributed by atoms with E-state index >= 15 is 0 Å². The molecule has 1 heterocycles. The molecule has 0 spiro atoms. The minimum Gasteiger partial charge on any atom is -0.378 e. The number of nitrogens with zero attached hydrogens (tertiary/aromatic N) is 5. The van der Waals surface area contributed by atoms with E-state index in [2.05, 4.69) is 25.6 Å². The number of nitrogens with one attached hydrogen (secondary N) is 2. The number of hydrogen-bond acceptors (Lipinski definition) is 7. The molecule has 7 nitrogen and oxygen atoms in total. The quantitative estimate of drug-likeness (QED) is 0.868. The van der Waals surface area contributed by atoms with Crippen LogP contribution >= 0.6 is 0 Å². The van der Waals surface area contributed by atoms with Crippen LogP contribution in [0.15, 0.2) is 24.3 Å². The first-order valence-corrected chi connectivity index (χ1v) is 6.65. The topological polar surface area (TPSA) is 69.2 Å². The highest BCUT2D eigenvalue weighted by molar-refractivity contribution is 5.62. The molecule has 112 valence electrons. The van der Waals surface area contributed by atoms with E-state index in [0.29, 0.717) is 17.8 Å². The fraction of sp³-hybridized carbons (Fsp3) is 0.357. The van der Waals surface area contributed by atoms with E-state index in [1.165, 1.54) is 0 Å². The molecular weight excluding hydrogens is 266 g/mol. The largest absolute Gasteiger partial charge is 0.378 e. The van der Waals surface area contributed by atoms with Crippen LogP contribution in [0.25, 0.3) is 0 Å². The van der Waals surface area contributed by atoms with Crippen molar-refractivity contribution in [2.24, 2.45) is 0 Å². The molecule has 1 aromatic carbocycles. The molecule has 1 aromatic heterocycles. The Morgan fingerprint density at radius 2 is 1.62 bits per heavy atom. The standard InChI is InChI=1S/C14H21N7/c1-15-12-17-13(19-14(18-12)21(4)5)16-10-7-6-8-11(9-10)20(2)3/h6-9H,1-5H3,(H2,15,16,17,18,19). The lowest BCUT2D eigenvalue weighted by atomic mass is 10.2. The molecule has 2 rings (SSSR count). The summed E-state index contributed by atoms with van der Waals surface area (Å²) >= 11 is 0. The third-order valence-corrected chi connectivity index (χ3v) is 2.87. The molecule has 0 radical (unpaired) electrons. The maximum absolute atomic E-state index is 4.39. The van der Waals surface area contributed by atoms with E-state index < -0.39 is 0 Å². The molecule has 0 saturated heterocycles. The van der Waals surface area contributed by atoms with Crippen LogP contribution in [-0.2, 0) is 0 Å². The van der Waals surface area contributed by atoms with E-state index in [0.717, 1.165) is 11.4 Å². The molecule has 0 unspecified atom stereocenters. The lowest BCUT2D eigenvalue weighted by molar-refractivity contribution is 0.963. The maximum atomic E-state index is 4.39. The smallest absolute Gasteiger partial charge is 0.233 e. The lowest BCUT2D eigenvalue weighted by Crippen LogP contribution is -2.15. The molecule has 0 aliphatic carbocycles. The average Bonchev–Trinajstić information content (AvgIpc) is 2.47. The number of hydrogen-bond donors (Lipinski definition) is 2. The van der Waals surface area contributed by atoms with Gasteiger partial charge < -0.3 is 20.4 Å². The summed E-state index contributed by atoms with van der Waals surface area (Å²) in [5, 5.41) is 6.15. The molecular formula is C14H21N7. The highest BCUT2D eigenvalue weighted by atomic mass is 15.3. The predicted molar refractivity (Wildman–Crippen MR) is 87.8 cm³/mol. The Balaban J connectivity index is 2.30. The number of anilines is 5. The average molecular weight is 287 g/mol. The molecule has 0 amide bonds. The van der Waals surface area contributed by atoms with E-state index in [9.17, 15) is 0 Å². The van der Waals surface area contributed by atoms with Gasteiger partial charge in [-0.1, -0.05) is 6.07 Å². The second-order valence-corrected chi connectivity index (χ2v) is 5.00. The van der Waals surface area contributed by atoms with Crippen molar-refractivity contribution < 1.29 is 0 Å². The summed E-state index contributed by atoms with van der Waals surface area (Å²) in [4.78, 5) is 16.9. The second kappa shape index (κ2) is 6.25. The van der Waals surface area contributed by atoms with Gasteiger partial charge in [-0.2, -0.15) is 15.0 Å². The van der Waals surface area contributed by atoms with Gasteiger partial charge in [-0.3, -0.25) is 0 Å². The predicted octanol–water partition coefficient (Wildman–Crippen LogP) is 1.79. The van der Waals surface area contributed by atoms with Gasteiger partial charge in [0.2, 0.25) is 17.8 Å². The van der Waals surface area contributed by atoms with Gasteiger partial charge in [0, 0.05) is 46.6 Å². The van der Waals surface area contributed by atoms with E-state index in [1.807, 2.05) is 62.3 Å². The third-order valence-electron chi connectivity index (χ3n) is 2.87. The SMILES string of the molecule is CNc1nc(Nc2cccc(N(C)C)c2)nc(N(C)C)n1. The Hall–Kier alpha value is -2.57. The first-order chi connectivity index (χ1) is 9.99. The highest BCUT2D eigenvalue weighted by Crippen LogP contribution is 2.21. The van der Waals surface area contributed by atoms with Crippen LogP contribution in [0.1, 0.15) is 0 Å². The lowest BCUT2D eigenvalue weighted by Gasteiger charge is -2.15. The van der Waals surface area contributed by atoms with Crippen molar-refractivity contribution in [3.63, 3.8) is 0 Å². The normalized spacial score (nSPS) is 10.1. The molecule has 0 aliphatic heterocycles. The summed E-state index contributed by atoms with van der Waals surface area (Å²) in [5.74, 6) is 1.63. The molecule has 0 fully saturated rings. The first-order valence-electron chi connectivity index (χ1n) is 6.65. The van der Waals surface area contributed by atoms with Crippen LogP contribution < -0.4 is 20.4 Å². The summed E-state index contributed by atoms with van der Waals surface area (Å²) < 4.78 is 0. The molecule has 0 aliphatic rings. The van der Waals surface area contributed by atoms with E-state index in [4.69, 9.17) is 0 Å². The number of rotatable bonds is 5. The first kappa shape index (κ1) is 14.8. The van der Waals surface area contributed by atoms with Gasteiger partial charge in [0.15, 0.2) is 0 Å². The van der Waals surface area contributed by atoms with Crippen molar-refractivity contribution in [2.45, 2.75) is 0 Å². The van der Waals surface area contributed by atoms with Crippen molar-refractivity contribution in [3.05, 3.63) is 24.3 Å². The van der Waals surface area contributed by atoms with Gasteiger partial charge in [-0.05, 0) is 18.2 Å². The van der Waals surface area contributed by atoms with Crippen LogP contribution in [0.4, 0.5) is 29.2 Å². The van der Waals surface area contributed by atoms with Gasteiger partial charge in [0.05, 0.1) is 0 Å². The summed E-state index contributed by atoms with van der Waals surface area (Å²) in [6.07, 6.45) is 0. The number of aromatic nitrogens is 3. The van der Waals surface area contributed by atoms with Crippen LogP contribution in [0.3, 0.4) is 0 Å². The van der Waals surface area contributed by atoms with Gasteiger partial charge in [-0.25, -0.2) is 0 Å². The molecule has 2 N–H and O–H groups in total. The Kier molecular flexibility index (Phi) is 4.42. The molecule has 0 bridgehead atoms. The van der Waals surface area contributed by atoms with Crippen molar-refractivity contribution in [3.8, 4) is 0 Å². The number of benzene rings is 1. The van der Waals surface area contributed by atoms with Crippen LogP contribution in [0.2, 0.25) is 0 Å². The van der Waals surface area contributed by atoms with Gasteiger partial charge in [0.1, 0.15) is 0 Å². The van der Waals surface area contributed by atoms with Crippen LogP contribution in [0, 0.1) is 0 Å². The van der Waals surface area contributed by atoms with Gasteiger partial charge in [-0.15, -0.1) is 0 Å². The fourth-order valence-corrected chi connectivity index (χ4v) is 1.72. The molecule has 2 aromatic rings. The maximum Gasteiger partial charge on any atom is 0.233 e.